The van der Waals surface area contributed by atoms with Crippen LogP contribution in [0.5, 0.6) is 5.75 Å². The lowest BCUT2D eigenvalue weighted by molar-refractivity contribution is -0.138. The minimum Gasteiger partial charge on any atom is -0.496 e. The predicted octanol–water partition coefficient (Wildman–Crippen LogP) is 5.52. The number of hydrogen-bond donors (Lipinski definition) is 2. The van der Waals surface area contributed by atoms with Gasteiger partial charge in [-0.25, -0.2) is 4.98 Å². The minimum absolute atomic E-state index is 0.120. The van der Waals surface area contributed by atoms with E-state index in [0.29, 0.717) is 23.2 Å². The first-order valence-corrected chi connectivity index (χ1v) is 9.39. The lowest BCUT2D eigenvalue weighted by Gasteiger charge is -2.16. The van der Waals surface area contributed by atoms with E-state index in [2.05, 4.69) is 25.6 Å². The van der Waals surface area contributed by atoms with Crippen LogP contribution in [0.15, 0.2) is 48.7 Å². The van der Waals surface area contributed by atoms with Gasteiger partial charge in [0.15, 0.2) is 0 Å². The van der Waals surface area contributed by atoms with E-state index in [4.69, 9.17) is 4.74 Å². The van der Waals surface area contributed by atoms with Crippen LogP contribution in [0, 0.1) is 0 Å². The molecular weight excluding hydrogens is 395 g/mol. The highest BCUT2D eigenvalue weighted by Gasteiger charge is 2.34. The average molecular weight is 417 g/mol. The van der Waals surface area contributed by atoms with Crippen LogP contribution in [0.1, 0.15) is 25.8 Å². The van der Waals surface area contributed by atoms with E-state index in [0.717, 1.165) is 12.5 Å². The first-order valence-electron chi connectivity index (χ1n) is 9.39. The molecule has 158 valence electrons. The number of nitrogens with zero attached hydrogens (tertiary/aromatic N) is 3. The Morgan fingerprint density at radius 2 is 1.87 bits per heavy atom. The summed E-state index contributed by atoms with van der Waals surface area (Å²) in [6, 6.07) is 10.9. The molecule has 0 aliphatic rings. The normalized spacial score (nSPS) is 12.3. The lowest BCUT2D eigenvalue weighted by Crippen LogP contribution is -2.16. The third-order valence-corrected chi connectivity index (χ3v) is 4.42. The van der Waals surface area contributed by atoms with Crippen molar-refractivity contribution >= 4 is 17.5 Å². The van der Waals surface area contributed by atoms with Crippen LogP contribution in [0.25, 0.3) is 11.4 Å². The van der Waals surface area contributed by atoms with Gasteiger partial charge in [-0.1, -0.05) is 13.0 Å². The Bertz CT molecular complexity index is 996. The van der Waals surface area contributed by atoms with Gasteiger partial charge in [0.1, 0.15) is 11.6 Å². The number of hydrogen-bond acceptors (Lipinski definition) is 6. The molecule has 1 aromatic carbocycles. The summed E-state index contributed by atoms with van der Waals surface area (Å²) < 4.78 is 44.8. The molecule has 0 amide bonds. The maximum Gasteiger partial charge on any atom is 0.420 e. The Labute approximate surface area is 172 Å². The zero-order valence-corrected chi connectivity index (χ0v) is 16.8. The molecule has 2 aromatic heterocycles. The van der Waals surface area contributed by atoms with Crippen molar-refractivity contribution < 1.29 is 17.9 Å². The number of pyridine rings is 1. The van der Waals surface area contributed by atoms with Crippen LogP contribution in [-0.4, -0.2) is 28.1 Å². The van der Waals surface area contributed by atoms with Gasteiger partial charge in [-0.15, -0.1) is 0 Å². The number of nitrogens with one attached hydrogen (secondary N) is 2. The zero-order chi connectivity index (χ0) is 21.7. The summed E-state index contributed by atoms with van der Waals surface area (Å²) in [5.74, 6) is 0.457. The topological polar surface area (TPSA) is 72.0 Å². The van der Waals surface area contributed by atoms with E-state index in [1.807, 2.05) is 19.9 Å². The number of anilines is 3. The van der Waals surface area contributed by atoms with Crippen LogP contribution in [0.2, 0.25) is 0 Å². The van der Waals surface area contributed by atoms with Crippen molar-refractivity contribution in [3.05, 3.63) is 54.2 Å². The van der Waals surface area contributed by atoms with Gasteiger partial charge in [-0.05, 0) is 43.7 Å². The van der Waals surface area contributed by atoms with Crippen LogP contribution >= 0.6 is 0 Å². The van der Waals surface area contributed by atoms with Gasteiger partial charge in [-0.2, -0.15) is 18.2 Å². The van der Waals surface area contributed by atoms with E-state index in [1.54, 1.807) is 24.4 Å². The highest BCUT2D eigenvalue weighted by molar-refractivity contribution is 5.66. The van der Waals surface area contributed by atoms with Crippen molar-refractivity contribution in [1.82, 2.24) is 15.0 Å². The largest absolute Gasteiger partial charge is 0.496 e. The van der Waals surface area contributed by atoms with Crippen LogP contribution in [0.3, 0.4) is 0 Å². The molecule has 2 heterocycles. The second-order valence-corrected chi connectivity index (χ2v) is 6.67. The van der Waals surface area contributed by atoms with Gasteiger partial charge in [0.05, 0.1) is 24.1 Å². The highest BCUT2D eigenvalue weighted by atomic mass is 19.4. The summed E-state index contributed by atoms with van der Waals surface area (Å²) in [5.41, 5.74) is 0.527. The van der Waals surface area contributed by atoms with E-state index >= 15 is 0 Å². The Kier molecular flexibility index (Phi) is 6.39. The number of benzene rings is 1. The first kappa shape index (κ1) is 21.4. The third-order valence-electron chi connectivity index (χ3n) is 4.42. The van der Waals surface area contributed by atoms with Crippen molar-refractivity contribution in [1.29, 1.82) is 0 Å². The Hall–Kier alpha value is -3.36. The summed E-state index contributed by atoms with van der Waals surface area (Å²) >= 11 is 0. The Balaban J connectivity index is 2.00. The van der Waals surface area contributed by atoms with E-state index < -0.39 is 11.7 Å². The molecule has 2 N–H and O–H groups in total. The Morgan fingerprint density at radius 3 is 2.50 bits per heavy atom. The number of methoxy groups -OCH3 is 1. The summed E-state index contributed by atoms with van der Waals surface area (Å²) in [5, 5.41) is 6.13. The second kappa shape index (κ2) is 8.98. The van der Waals surface area contributed by atoms with Crippen LogP contribution in [-0.2, 0) is 6.18 Å². The molecule has 0 aliphatic heterocycles. The number of halogens is 3. The predicted molar refractivity (Wildman–Crippen MR) is 110 cm³/mol. The average Bonchev–Trinajstić information content (AvgIpc) is 2.73. The number of aromatic nitrogens is 3. The van der Waals surface area contributed by atoms with Crippen LogP contribution in [0.4, 0.5) is 30.6 Å². The van der Waals surface area contributed by atoms with Crippen LogP contribution < -0.4 is 15.4 Å². The molecule has 6 nitrogen and oxygen atoms in total. The van der Waals surface area contributed by atoms with Gasteiger partial charge in [0.2, 0.25) is 5.95 Å². The van der Waals surface area contributed by atoms with Gasteiger partial charge >= 0.3 is 6.18 Å². The fraction of sp³-hybridized carbons (Fsp3) is 0.286. The van der Waals surface area contributed by atoms with E-state index in [-0.39, 0.29) is 17.5 Å². The Morgan fingerprint density at radius 1 is 1.07 bits per heavy atom. The molecule has 0 aliphatic carbocycles. The molecule has 0 fully saturated rings. The van der Waals surface area contributed by atoms with Gasteiger partial charge in [0.25, 0.3) is 0 Å². The summed E-state index contributed by atoms with van der Waals surface area (Å²) in [4.78, 5) is 13.2. The van der Waals surface area contributed by atoms with Crippen molar-refractivity contribution in [3.8, 4) is 17.1 Å². The third kappa shape index (κ3) is 5.16. The standard InChI is InChI=1S/C21H22F3N5O/c1-4-13(2)26-20-28-17(16-7-5-6-10-25-16)12-19(29-20)27-14-8-9-18(30-3)15(11-14)21(22,23)24/h5-13H,4H2,1-3H3,(H2,26,27,28,29)/t13-/m1/s1. The maximum absolute atomic E-state index is 13.3. The number of alkyl halides is 3. The highest BCUT2D eigenvalue weighted by Crippen LogP contribution is 2.38. The maximum atomic E-state index is 13.3. The number of rotatable bonds is 7. The SMILES string of the molecule is CC[C@@H](C)Nc1nc(Nc2ccc(OC)c(C(F)(F)F)c2)cc(-c2ccccn2)n1. The monoisotopic (exact) mass is 417 g/mol. The molecular formula is C21H22F3N5O. The quantitative estimate of drug-likeness (QED) is 0.527. The van der Waals surface area contributed by atoms with Gasteiger partial charge in [-0.3, -0.25) is 4.98 Å². The molecule has 0 saturated carbocycles. The molecule has 0 radical (unpaired) electrons. The van der Waals surface area contributed by atoms with Crippen molar-refractivity contribution in [2.75, 3.05) is 17.7 Å². The molecule has 1 atom stereocenters. The van der Waals surface area contributed by atoms with Gasteiger partial charge < -0.3 is 15.4 Å². The van der Waals surface area contributed by atoms with Crippen molar-refractivity contribution in [2.24, 2.45) is 0 Å². The van der Waals surface area contributed by atoms with Crippen molar-refractivity contribution in [2.45, 2.75) is 32.5 Å². The van der Waals surface area contributed by atoms with E-state index in [9.17, 15) is 13.2 Å². The van der Waals surface area contributed by atoms with Crippen molar-refractivity contribution in [3.63, 3.8) is 0 Å². The van der Waals surface area contributed by atoms with E-state index in [1.165, 1.54) is 19.2 Å². The zero-order valence-electron chi connectivity index (χ0n) is 16.8. The summed E-state index contributed by atoms with van der Waals surface area (Å²) in [6.45, 7) is 4.01. The molecule has 9 heteroatoms. The summed E-state index contributed by atoms with van der Waals surface area (Å²) in [6.07, 6.45) is -2.05. The second-order valence-electron chi connectivity index (χ2n) is 6.67. The fourth-order valence-corrected chi connectivity index (χ4v) is 2.70. The summed E-state index contributed by atoms with van der Waals surface area (Å²) in [7, 11) is 1.20. The molecule has 0 bridgehead atoms. The molecule has 3 aromatic rings. The lowest BCUT2D eigenvalue weighted by atomic mass is 10.1. The first-order chi connectivity index (χ1) is 14.3. The smallest absolute Gasteiger partial charge is 0.420 e. The number of ether oxygens (including phenoxy) is 1. The molecule has 0 saturated heterocycles. The molecule has 0 spiro atoms. The molecule has 3 rings (SSSR count). The molecule has 30 heavy (non-hydrogen) atoms. The minimum atomic E-state index is -4.54. The van der Waals surface area contributed by atoms with Gasteiger partial charge in [0, 0.05) is 24.0 Å². The fourth-order valence-electron chi connectivity index (χ4n) is 2.70. The molecule has 0 unspecified atom stereocenters.